The van der Waals surface area contributed by atoms with Crippen LogP contribution in [0.25, 0.3) is 5.65 Å². The summed E-state index contributed by atoms with van der Waals surface area (Å²) in [4.78, 5) is 56.9. The molecule has 2 aromatic carbocycles. The number of benzene rings is 2. The topological polar surface area (TPSA) is 246 Å². The van der Waals surface area contributed by atoms with E-state index < -0.39 is 17.5 Å². The quantitative estimate of drug-likeness (QED) is 0.127. The van der Waals surface area contributed by atoms with E-state index in [9.17, 15) is 19.2 Å². The van der Waals surface area contributed by atoms with Crippen LogP contribution in [0.5, 0.6) is 0 Å². The van der Waals surface area contributed by atoms with Gasteiger partial charge in [-0.05, 0) is 25.0 Å². The summed E-state index contributed by atoms with van der Waals surface area (Å²) in [6.07, 6.45) is 3.99. The summed E-state index contributed by atoms with van der Waals surface area (Å²) >= 11 is 0. The average molecular weight is 571 g/mol. The van der Waals surface area contributed by atoms with Gasteiger partial charge < -0.3 is 16.5 Å². The van der Waals surface area contributed by atoms with Gasteiger partial charge in [-0.3, -0.25) is 9.59 Å². The SMILES string of the molecule is Cc1cccc(CN=C=O)c1.Cc1cccc(Cn2nnc3c(C(N)=O)ncn3c2=O)c1.N=Nc1nc[nH]c1C(N)=O. The first-order chi connectivity index (χ1) is 20.1. The van der Waals surface area contributed by atoms with Gasteiger partial charge in [0.1, 0.15) is 6.33 Å². The molecule has 16 nitrogen and oxygen atoms in total. The highest BCUT2D eigenvalue weighted by Gasteiger charge is 2.15. The lowest BCUT2D eigenvalue weighted by Gasteiger charge is -2.05. The molecule has 3 heterocycles. The minimum atomic E-state index is -0.748. The number of amides is 2. The Morgan fingerprint density at radius 1 is 1.02 bits per heavy atom. The molecule has 0 bridgehead atoms. The molecule has 0 spiro atoms. The van der Waals surface area contributed by atoms with Crippen LogP contribution in [0.15, 0.2) is 76.1 Å². The average Bonchev–Trinajstić information content (AvgIpc) is 3.62. The lowest BCUT2D eigenvalue weighted by atomic mass is 10.1. The van der Waals surface area contributed by atoms with Gasteiger partial charge in [0, 0.05) is 0 Å². The third-order valence-electron chi connectivity index (χ3n) is 5.45. The second kappa shape index (κ2) is 14.3. The molecule has 0 fully saturated rings. The first-order valence-electron chi connectivity index (χ1n) is 12.1. The molecule has 214 valence electrons. The molecule has 0 aliphatic carbocycles. The number of nitrogens with two attached hydrogens (primary N) is 2. The van der Waals surface area contributed by atoms with Crippen molar-refractivity contribution in [2.75, 3.05) is 0 Å². The monoisotopic (exact) mass is 570 g/mol. The first kappa shape index (κ1) is 30.4. The zero-order valence-electron chi connectivity index (χ0n) is 22.6. The number of nitrogens with zero attached hydrogens (tertiary/aromatic N) is 8. The molecule has 6 N–H and O–H groups in total. The van der Waals surface area contributed by atoms with Crippen molar-refractivity contribution >= 4 is 29.4 Å². The van der Waals surface area contributed by atoms with E-state index in [0.29, 0.717) is 6.54 Å². The van der Waals surface area contributed by atoms with E-state index in [1.807, 2.05) is 62.4 Å². The van der Waals surface area contributed by atoms with Crippen molar-refractivity contribution in [3.63, 3.8) is 0 Å². The molecule has 5 rings (SSSR count). The third kappa shape index (κ3) is 7.93. The summed E-state index contributed by atoms with van der Waals surface area (Å²) in [5, 5.41) is 10.6. The molecule has 42 heavy (non-hydrogen) atoms. The van der Waals surface area contributed by atoms with E-state index in [1.165, 1.54) is 29.0 Å². The Morgan fingerprint density at radius 2 is 1.69 bits per heavy atom. The lowest BCUT2D eigenvalue weighted by Crippen LogP contribution is -2.30. The zero-order chi connectivity index (χ0) is 30.6. The number of fused-ring (bicyclic) bond motifs is 1. The van der Waals surface area contributed by atoms with Gasteiger partial charge in [0.15, 0.2) is 17.0 Å². The number of imidazole rings is 2. The van der Waals surface area contributed by atoms with Gasteiger partial charge in [-0.15, -0.1) is 10.2 Å². The molecule has 5 aromatic rings. The fraction of sp³-hybridized carbons (Fsp3) is 0.154. The summed E-state index contributed by atoms with van der Waals surface area (Å²) < 4.78 is 2.36. The normalized spacial score (nSPS) is 9.95. The Hall–Kier alpha value is -6.15. The minimum absolute atomic E-state index is 0.0208. The summed E-state index contributed by atoms with van der Waals surface area (Å²) in [5.74, 6) is -1.39. The maximum atomic E-state index is 12.3. The van der Waals surface area contributed by atoms with Crippen LogP contribution in [-0.2, 0) is 17.9 Å². The number of aryl methyl sites for hydroxylation is 2. The molecule has 0 saturated heterocycles. The third-order valence-corrected chi connectivity index (χ3v) is 5.45. The molecule has 0 aliphatic rings. The predicted molar refractivity (Wildman–Crippen MR) is 149 cm³/mol. The number of rotatable bonds is 7. The summed E-state index contributed by atoms with van der Waals surface area (Å²) in [6, 6.07) is 15.6. The standard InChI is InChI=1S/C13H12N6O2.C9H9NO.C4H5N5O/c1-8-3-2-4-9(5-8)6-19-13(21)18-7-15-10(11(14)20)12(18)16-17-19;1-8-3-2-4-9(5-8)6-10-7-11;5-3(10)2-4(9-6)8-1-7-2/h2-5,7H,6H2,1H3,(H2,14,20);2-5H,6H2,1H3;1,6H,(H2,5,10)(H,7,8). The number of primary amides is 2. The molecule has 0 atom stereocenters. The smallest absolute Gasteiger partial charge is 0.353 e. The molecule has 3 aromatic heterocycles. The number of aromatic nitrogens is 7. The lowest BCUT2D eigenvalue weighted by molar-refractivity contribution is 0.0988. The molecule has 0 saturated carbocycles. The fourth-order valence-electron chi connectivity index (χ4n) is 3.58. The van der Waals surface area contributed by atoms with Crippen molar-refractivity contribution in [2.24, 2.45) is 21.6 Å². The van der Waals surface area contributed by atoms with Crippen LogP contribution in [0.1, 0.15) is 43.2 Å². The van der Waals surface area contributed by atoms with Gasteiger partial charge in [0.2, 0.25) is 11.9 Å². The van der Waals surface area contributed by atoms with Gasteiger partial charge in [0.05, 0.1) is 19.4 Å². The zero-order valence-corrected chi connectivity index (χ0v) is 22.6. The van der Waals surface area contributed by atoms with Crippen molar-refractivity contribution in [1.29, 1.82) is 5.53 Å². The van der Waals surface area contributed by atoms with Crippen LogP contribution in [0, 0.1) is 19.4 Å². The number of carbonyl (C=O) groups is 2. The van der Waals surface area contributed by atoms with Crippen LogP contribution in [0.3, 0.4) is 0 Å². The van der Waals surface area contributed by atoms with Crippen LogP contribution in [0.2, 0.25) is 0 Å². The predicted octanol–water partition coefficient (Wildman–Crippen LogP) is 1.74. The van der Waals surface area contributed by atoms with Gasteiger partial charge >= 0.3 is 5.69 Å². The van der Waals surface area contributed by atoms with E-state index in [4.69, 9.17) is 17.0 Å². The van der Waals surface area contributed by atoms with E-state index in [1.54, 1.807) is 0 Å². The van der Waals surface area contributed by atoms with Gasteiger partial charge in [-0.1, -0.05) is 64.9 Å². The highest BCUT2D eigenvalue weighted by Crippen LogP contribution is 2.11. The Balaban J connectivity index is 0.000000194. The van der Waals surface area contributed by atoms with Gasteiger partial charge in [0.25, 0.3) is 11.8 Å². The van der Waals surface area contributed by atoms with Gasteiger partial charge in [-0.25, -0.2) is 34.5 Å². The molecular weight excluding hydrogens is 544 g/mol. The van der Waals surface area contributed by atoms with Crippen molar-refractivity contribution in [1.82, 2.24) is 34.3 Å². The number of carbonyl (C=O) groups excluding carboxylic acids is 3. The molecule has 16 heteroatoms. The second-order valence-corrected chi connectivity index (χ2v) is 8.64. The van der Waals surface area contributed by atoms with Crippen LogP contribution >= 0.6 is 0 Å². The Kier molecular flexibility index (Phi) is 10.3. The number of aromatic amines is 1. The molecule has 0 unspecified atom stereocenters. The summed E-state index contributed by atoms with van der Waals surface area (Å²) in [6.45, 7) is 4.70. The van der Waals surface area contributed by atoms with Crippen molar-refractivity contribution < 1.29 is 14.4 Å². The fourth-order valence-corrected chi connectivity index (χ4v) is 3.58. The van der Waals surface area contributed by atoms with Crippen LogP contribution in [0.4, 0.5) is 5.82 Å². The summed E-state index contributed by atoms with van der Waals surface area (Å²) in [7, 11) is 0. The number of isocyanates is 1. The van der Waals surface area contributed by atoms with E-state index >= 15 is 0 Å². The van der Waals surface area contributed by atoms with Gasteiger partial charge in [-0.2, -0.15) is 4.68 Å². The number of nitrogens with one attached hydrogen (secondary N) is 2. The van der Waals surface area contributed by atoms with E-state index in [2.05, 4.69) is 35.4 Å². The van der Waals surface area contributed by atoms with Crippen LogP contribution in [-0.4, -0.2) is 52.2 Å². The van der Waals surface area contributed by atoms with Crippen molar-refractivity contribution in [2.45, 2.75) is 26.9 Å². The summed E-state index contributed by atoms with van der Waals surface area (Å²) in [5.41, 5.74) is 20.5. The number of aliphatic imine (C=N–C) groups is 1. The Bertz CT molecular complexity index is 1830. The minimum Gasteiger partial charge on any atom is -0.364 e. The number of H-pyrrole nitrogens is 1. The molecule has 0 aliphatic heterocycles. The number of hydrogen-bond donors (Lipinski definition) is 4. The maximum absolute atomic E-state index is 12.3. The van der Waals surface area contributed by atoms with Crippen LogP contribution < -0.4 is 17.2 Å². The maximum Gasteiger partial charge on any atom is 0.353 e. The first-order valence-corrected chi connectivity index (χ1v) is 12.1. The number of hydrogen-bond acceptors (Lipinski definition) is 11. The largest absolute Gasteiger partial charge is 0.364 e. The van der Waals surface area contributed by atoms with Crippen molar-refractivity contribution in [3.05, 3.63) is 105 Å². The highest BCUT2D eigenvalue weighted by atomic mass is 16.2. The molecular formula is C26H26N12O4. The molecule has 2 amide bonds. The highest BCUT2D eigenvalue weighted by molar-refractivity contribution is 5.96. The van der Waals surface area contributed by atoms with E-state index in [0.717, 1.165) is 21.1 Å². The Morgan fingerprint density at radius 3 is 2.26 bits per heavy atom. The van der Waals surface area contributed by atoms with Crippen molar-refractivity contribution in [3.8, 4) is 0 Å². The van der Waals surface area contributed by atoms with E-state index in [-0.39, 0.29) is 29.4 Å². The Labute approximate surface area is 237 Å². The molecule has 0 radical (unpaired) electrons. The second-order valence-electron chi connectivity index (χ2n) is 8.64.